The van der Waals surface area contributed by atoms with Gasteiger partial charge in [0.2, 0.25) is 0 Å². The first kappa shape index (κ1) is 14.5. The van der Waals surface area contributed by atoms with E-state index in [9.17, 15) is 8.42 Å². The molecule has 0 bridgehead atoms. The van der Waals surface area contributed by atoms with Gasteiger partial charge in [-0.25, -0.2) is 0 Å². The number of benzene rings is 1. The van der Waals surface area contributed by atoms with Gasteiger partial charge in [0.05, 0.1) is 11.5 Å². The van der Waals surface area contributed by atoms with E-state index in [-0.39, 0.29) is 17.5 Å². The molecule has 1 unspecified atom stereocenters. The molecule has 4 nitrogen and oxygen atoms in total. The zero-order valence-electron chi connectivity index (χ0n) is 11.5. The molecule has 19 heavy (non-hydrogen) atoms. The van der Waals surface area contributed by atoms with Crippen LogP contribution in [-0.2, 0) is 14.3 Å². The predicted molar refractivity (Wildman–Crippen MR) is 74.6 cm³/mol. The molecule has 0 saturated carbocycles. The smallest absolute Gasteiger partial charge is 0.297 e. The van der Waals surface area contributed by atoms with Crippen molar-refractivity contribution in [2.45, 2.75) is 37.1 Å². The third-order valence-corrected chi connectivity index (χ3v) is 4.94. The first-order valence-corrected chi connectivity index (χ1v) is 8.06. The highest BCUT2D eigenvalue weighted by atomic mass is 32.2. The molecule has 0 aromatic heterocycles. The normalized spacial score (nSPS) is 21.5. The van der Waals surface area contributed by atoms with Gasteiger partial charge in [-0.15, -0.1) is 0 Å². The fourth-order valence-electron chi connectivity index (χ4n) is 2.30. The van der Waals surface area contributed by atoms with E-state index in [0.29, 0.717) is 0 Å². The van der Waals surface area contributed by atoms with Gasteiger partial charge in [-0.2, -0.15) is 8.42 Å². The zero-order chi connectivity index (χ0) is 13.9. The van der Waals surface area contributed by atoms with Gasteiger partial charge in [0.15, 0.2) is 0 Å². The number of hydrogen-bond donors (Lipinski definition) is 0. The van der Waals surface area contributed by atoms with Crippen molar-refractivity contribution in [2.75, 3.05) is 20.2 Å². The molecule has 0 N–H and O–H groups in total. The molecule has 5 heteroatoms. The number of nitrogens with zero attached hydrogens (tertiary/aromatic N) is 1. The quantitative estimate of drug-likeness (QED) is 0.795. The van der Waals surface area contributed by atoms with E-state index < -0.39 is 10.1 Å². The second kappa shape index (κ2) is 6.03. The molecule has 1 saturated heterocycles. The molecule has 0 aliphatic carbocycles. The highest BCUT2D eigenvalue weighted by Crippen LogP contribution is 2.18. The molecule has 106 valence electrons. The molecule has 1 fully saturated rings. The van der Waals surface area contributed by atoms with E-state index >= 15 is 0 Å². The Balaban J connectivity index is 1.99. The van der Waals surface area contributed by atoms with E-state index in [4.69, 9.17) is 4.18 Å². The minimum absolute atomic E-state index is 0.203. The fourth-order valence-corrected chi connectivity index (χ4v) is 3.24. The summed E-state index contributed by atoms with van der Waals surface area (Å²) in [7, 11) is -1.61. The van der Waals surface area contributed by atoms with Crippen LogP contribution in [0.2, 0.25) is 0 Å². The Morgan fingerprint density at radius 2 is 1.95 bits per heavy atom. The number of likely N-dealkylation sites (N-methyl/N-ethyl adjacent to an activating group) is 1. The maximum atomic E-state index is 12.1. The number of likely N-dealkylation sites (tertiary alicyclic amines) is 1. The monoisotopic (exact) mass is 283 g/mol. The van der Waals surface area contributed by atoms with Crippen molar-refractivity contribution in [1.82, 2.24) is 4.90 Å². The van der Waals surface area contributed by atoms with Crippen LogP contribution in [0.3, 0.4) is 0 Å². The summed E-state index contributed by atoms with van der Waals surface area (Å²) in [6.45, 7) is 3.18. The molecular formula is C14H21NO3S. The topological polar surface area (TPSA) is 46.6 Å². The summed E-state index contributed by atoms with van der Waals surface area (Å²) in [5.41, 5.74) is 1.03. The number of hydrogen-bond acceptors (Lipinski definition) is 4. The van der Waals surface area contributed by atoms with Gasteiger partial charge in [-0.3, -0.25) is 4.18 Å². The van der Waals surface area contributed by atoms with Crippen LogP contribution in [0, 0.1) is 6.92 Å². The number of piperidine rings is 1. The van der Waals surface area contributed by atoms with Crippen LogP contribution >= 0.6 is 0 Å². The molecular weight excluding hydrogens is 262 g/mol. The van der Waals surface area contributed by atoms with Gasteiger partial charge in [-0.1, -0.05) is 24.1 Å². The second-order valence-electron chi connectivity index (χ2n) is 5.18. The maximum Gasteiger partial charge on any atom is 0.297 e. The molecule has 1 aliphatic rings. The summed E-state index contributed by atoms with van der Waals surface area (Å²) < 4.78 is 29.3. The molecule has 1 heterocycles. The molecule has 1 aromatic rings. The van der Waals surface area contributed by atoms with E-state index in [0.717, 1.165) is 24.9 Å². The van der Waals surface area contributed by atoms with Crippen molar-refractivity contribution in [3.63, 3.8) is 0 Å². The van der Waals surface area contributed by atoms with Crippen LogP contribution in [0.15, 0.2) is 29.2 Å². The van der Waals surface area contributed by atoms with E-state index in [1.165, 1.54) is 6.42 Å². The fraction of sp³-hybridized carbons (Fsp3) is 0.571. The molecule has 1 aromatic carbocycles. The largest absolute Gasteiger partial charge is 0.301 e. The van der Waals surface area contributed by atoms with Crippen molar-refractivity contribution in [2.24, 2.45) is 0 Å². The van der Waals surface area contributed by atoms with Gasteiger partial charge >= 0.3 is 0 Å². The molecule has 1 atom stereocenters. The Hall–Kier alpha value is -0.910. The van der Waals surface area contributed by atoms with Gasteiger partial charge < -0.3 is 4.90 Å². The van der Waals surface area contributed by atoms with E-state index in [1.807, 2.05) is 14.0 Å². The minimum Gasteiger partial charge on any atom is -0.301 e. The third kappa shape index (κ3) is 3.78. The summed E-state index contributed by atoms with van der Waals surface area (Å²) in [6.07, 6.45) is 3.32. The Kier molecular flexibility index (Phi) is 4.60. The number of rotatable bonds is 4. The molecule has 0 amide bonds. The first-order chi connectivity index (χ1) is 8.99. The van der Waals surface area contributed by atoms with Gasteiger partial charge in [0, 0.05) is 6.04 Å². The van der Waals surface area contributed by atoms with Gasteiger partial charge in [0.25, 0.3) is 10.1 Å². The Bertz CT molecular complexity index is 510. The Morgan fingerprint density at radius 1 is 1.26 bits per heavy atom. The Morgan fingerprint density at radius 3 is 2.58 bits per heavy atom. The molecule has 2 rings (SSSR count). The average Bonchev–Trinajstić information content (AvgIpc) is 2.38. The van der Waals surface area contributed by atoms with Gasteiger partial charge in [0.1, 0.15) is 0 Å². The lowest BCUT2D eigenvalue weighted by Gasteiger charge is -2.31. The van der Waals surface area contributed by atoms with Crippen molar-refractivity contribution in [1.29, 1.82) is 0 Å². The van der Waals surface area contributed by atoms with Crippen molar-refractivity contribution in [3.8, 4) is 0 Å². The number of aryl methyl sites for hydroxylation is 1. The van der Waals surface area contributed by atoms with E-state index in [1.54, 1.807) is 24.3 Å². The van der Waals surface area contributed by atoms with Crippen molar-refractivity contribution >= 4 is 10.1 Å². The van der Waals surface area contributed by atoms with Crippen molar-refractivity contribution < 1.29 is 12.6 Å². The van der Waals surface area contributed by atoms with Crippen LogP contribution in [-0.4, -0.2) is 39.6 Å². The lowest BCUT2D eigenvalue weighted by Crippen LogP contribution is -2.39. The highest BCUT2D eigenvalue weighted by molar-refractivity contribution is 7.86. The maximum absolute atomic E-state index is 12.1. The van der Waals surface area contributed by atoms with Crippen LogP contribution in [0.4, 0.5) is 0 Å². The molecule has 0 spiro atoms. The van der Waals surface area contributed by atoms with Gasteiger partial charge in [-0.05, 0) is 45.5 Å². The predicted octanol–water partition coefficient (Wildman–Crippen LogP) is 2.18. The average molecular weight is 283 g/mol. The van der Waals surface area contributed by atoms with Crippen LogP contribution < -0.4 is 0 Å². The standard InChI is InChI=1S/C14H21NO3S/c1-12-6-8-14(9-7-12)19(16,17)18-11-13-5-3-4-10-15(13)2/h6-9,13H,3-5,10-11H2,1-2H3. The van der Waals surface area contributed by atoms with E-state index in [2.05, 4.69) is 4.90 Å². The lowest BCUT2D eigenvalue weighted by molar-refractivity contribution is 0.128. The summed E-state index contributed by atoms with van der Waals surface area (Å²) in [5, 5.41) is 0. The van der Waals surface area contributed by atoms with Crippen molar-refractivity contribution in [3.05, 3.63) is 29.8 Å². The Labute approximate surface area is 115 Å². The summed E-state index contributed by atoms with van der Waals surface area (Å²) in [6, 6.07) is 6.95. The summed E-state index contributed by atoms with van der Waals surface area (Å²) >= 11 is 0. The SMILES string of the molecule is Cc1ccc(S(=O)(=O)OCC2CCCCN2C)cc1. The highest BCUT2D eigenvalue weighted by Gasteiger charge is 2.23. The van der Waals surface area contributed by atoms with Crippen LogP contribution in [0.5, 0.6) is 0 Å². The molecule has 1 aliphatic heterocycles. The molecule has 0 radical (unpaired) electrons. The first-order valence-electron chi connectivity index (χ1n) is 6.65. The third-order valence-electron chi connectivity index (χ3n) is 3.65. The lowest BCUT2D eigenvalue weighted by atomic mass is 10.0. The summed E-state index contributed by atoms with van der Waals surface area (Å²) in [4.78, 5) is 2.41. The minimum atomic E-state index is -3.63. The second-order valence-corrected chi connectivity index (χ2v) is 6.80. The van der Waals surface area contributed by atoms with Crippen LogP contribution in [0.25, 0.3) is 0 Å². The van der Waals surface area contributed by atoms with Crippen LogP contribution in [0.1, 0.15) is 24.8 Å². The summed E-state index contributed by atoms with van der Waals surface area (Å²) in [5.74, 6) is 0. The zero-order valence-corrected chi connectivity index (χ0v) is 12.3.